The first-order chi connectivity index (χ1) is 14.0. The Hall–Kier alpha value is -3.54. The lowest BCUT2D eigenvalue weighted by atomic mass is 10.00. The monoisotopic (exact) mass is 390 g/mol. The van der Waals surface area contributed by atoms with Gasteiger partial charge < -0.3 is 19.8 Å². The van der Waals surface area contributed by atoms with E-state index in [-0.39, 0.29) is 35.3 Å². The second-order valence-electron chi connectivity index (χ2n) is 7.14. The molecule has 4 rings (SSSR count). The van der Waals surface area contributed by atoms with E-state index in [1.807, 2.05) is 42.6 Å². The standard InChI is InChI=1S/C23H22N2O4/c1-15-19(26)11-20(27)21(22(15)29-14-16-5-3-2-4-6-16)23(28)25-10-8-17-12-24-9-7-18(17)13-25/h2-7,9,11-12,26-27H,8,10,13-14H2,1H3. The number of ether oxygens (including phenoxy) is 1. The van der Waals surface area contributed by atoms with Gasteiger partial charge in [0.2, 0.25) is 0 Å². The van der Waals surface area contributed by atoms with Crippen molar-refractivity contribution in [3.63, 3.8) is 0 Å². The summed E-state index contributed by atoms with van der Waals surface area (Å²) in [5, 5.41) is 20.6. The second-order valence-corrected chi connectivity index (χ2v) is 7.14. The van der Waals surface area contributed by atoms with Crippen LogP contribution in [-0.2, 0) is 19.6 Å². The number of hydrogen-bond acceptors (Lipinski definition) is 5. The van der Waals surface area contributed by atoms with E-state index in [4.69, 9.17) is 4.74 Å². The Bertz CT molecular complexity index is 1050. The SMILES string of the molecule is Cc1c(O)cc(O)c(C(=O)N2CCc3cnccc3C2)c1OCc1ccccc1. The summed E-state index contributed by atoms with van der Waals surface area (Å²) in [4.78, 5) is 19.1. The zero-order valence-corrected chi connectivity index (χ0v) is 16.1. The number of hydrogen-bond donors (Lipinski definition) is 2. The molecule has 0 spiro atoms. The van der Waals surface area contributed by atoms with Crippen LogP contribution in [0.1, 0.15) is 32.6 Å². The Morgan fingerprint density at radius 1 is 1.14 bits per heavy atom. The van der Waals surface area contributed by atoms with Crippen molar-refractivity contribution in [3.05, 3.63) is 82.7 Å². The maximum Gasteiger partial charge on any atom is 0.261 e. The molecule has 0 saturated carbocycles. The number of phenols is 2. The van der Waals surface area contributed by atoms with E-state index in [0.29, 0.717) is 25.1 Å². The van der Waals surface area contributed by atoms with Crippen LogP contribution >= 0.6 is 0 Å². The van der Waals surface area contributed by atoms with Gasteiger partial charge in [-0.1, -0.05) is 30.3 Å². The first kappa shape index (κ1) is 18.8. The van der Waals surface area contributed by atoms with Crippen molar-refractivity contribution in [2.24, 2.45) is 0 Å². The second kappa shape index (κ2) is 7.83. The van der Waals surface area contributed by atoms with Crippen molar-refractivity contribution in [3.8, 4) is 17.2 Å². The molecular weight excluding hydrogens is 368 g/mol. The van der Waals surface area contributed by atoms with Crippen LogP contribution < -0.4 is 4.74 Å². The normalized spacial score (nSPS) is 13.1. The predicted octanol–water partition coefficient (Wildman–Crippen LogP) is 3.58. The van der Waals surface area contributed by atoms with E-state index >= 15 is 0 Å². The van der Waals surface area contributed by atoms with Crippen molar-refractivity contribution in [2.75, 3.05) is 6.54 Å². The van der Waals surface area contributed by atoms with Crippen LogP contribution in [0.15, 0.2) is 54.9 Å². The Morgan fingerprint density at radius 2 is 1.93 bits per heavy atom. The number of aromatic nitrogens is 1. The Morgan fingerprint density at radius 3 is 2.72 bits per heavy atom. The number of phenolic OH excluding ortho intramolecular Hbond substituents is 2. The van der Waals surface area contributed by atoms with Gasteiger partial charge in [-0.2, -0.15) is 0 Å². The fourth-order valence-corrected chi connectivity index (χ4v) is 3.55. The molecule has 0 saturated heterocycles. The molecule has 1 amide bonds. The minimum Gasteiger partial charge on any atom is -0.507 e. The summed E-state index contributed by atoms with van der Waals surface area (Å²) in [5.41, 5.74) is 3.59. The topological polar surface area (TPSA) is 82.9 Å². The molecule has 0 radical (unpaired) electrons. The lowest BCUT2D eigenvalue weighted by molar-refractivity contribution is 0.0726. The van der Waals surface area contributed by atoms with Crippen molar-refractivity contribution in [1.29, 1.82) is 0 Å². The largest absolute Gasteiger partial charge is 0.507 e. The summed E-state index contributed by atoms with van der Waals surface area (Å²) in [6.45, 7) is 2.85. The van der Waals surface area contributed by atoms with Crippen molar-refractivity contribution in [1.82, 2.24) is 9.88 Å². The van der Waals surface area contributed by atoms with Gasteiger partial charge in [0.25, 0.3) is 5.91 Å². The Balaban J connectivity index is 1.65. The van der Waals surface area contributed by atoms with E-state index in [9.17, 15) is 15.0 Å². The summed E-state index contributed by atoms with van der Waals surface area (Å²) >= 11 is 0. The van der Waals surface area contributed by atoms with Crippen LogP contribution in [0, 0.1) is 6.92 Å². The number of amides is 1. The van der Waals surface area contributed by atoms with E-state index in [1.165, 1.54) is 6.07 Å². The molecule has 6 nitrogen and oxygen atoms in total. The molecule has 29 heavy (non-hydrogen) atoms. The van der Waals surface area contributed by atoms with Gasteiger partial charge in [-0.25, -0.2) is 0 Å². The first-order valence-electron chi connectivity index (χ1n) is 9.48. The highest BCUT2D eigenvalue weighted by Crippen LogP contribution is 2.39. The zero-order valence-electron chi connectivity index (χ0n) is 16.1. The number of fused-ring (bicyclic) bond motifs is 1. The number of rotatable bonds is 4. The molecule has 2 N–H and O–H groups in total. The maximum atomic E-state index is 13.3. The molecule has 6 heteroatoms. The van der Waals surface area contributed by atoms with Crippen LogP contribution in [-0.4, -0.2) is 32.5 Å². The molecule has 1 aromatic heterocycles. The van der Waals surface area contributed by atoms with Crippen LogP contribution in [0.4, 0.5) is 0 Å². The summed E-state index contributed by atoms with van der Waals surface area (Å²) in [7, 11) is 0. The van der Waals surface area contributed by atoms with E-state index in [2.05, 4.69) is 4.98 Å². The van der Waals surface area contributed by atoms with Crippen LogP contribution in [0.2, 0.25) is 0 Å². The number of nitrogens with zero attached hydrogens (tertiary/aromatic N) is 2. The Kier molecular flexibility index (Phi) is 5.08. The van der Waals surface area contributed by atoms with Gasteiger partial charge in [-0.05, 0) is 36.1 Å². The summed E-state index contributed by atoms with van der Waals surface area (Å²) in [6, 6.07) is 12.6. The van der Waals surface area contributed by atoms with Gasteiger partial charge >= 0.3 is 0 Å². The van der Waals surface area contributed by atoms with Gasteiger partial charge in [-0.15, -0.1) is 0 Å². The minimum atomic E-state index is -0.323. The third-order valence-corrected chi connectivity index (χ3v) is 5.23. The molecule has 2 aromatic carbocycles. The number of carbonyl (C=O) groups is 1. The molecular formula is C23H22N2O4. The molecule has 0 fully saturated rings. The highest BCUT2D eigenvalue weighted by Gasteiger charge is 2.29. The fourth-order valence-electron chi connectivity index (χ4n) is 3.55. The third kappa shape index (κ3) is 3.74. The van der Waals surface area contributed by atoms with E-state index in [1.54, 1.807) is 18.0 Å². The molecule has 0 bridgehead atoms. The van der Waals surface area contributed by atoms with Gasteiger partial charge in [-0.3, -0.25) is 9.78 Å². The first-order valence-corrected chi connectivity index (χ1v) is 9.48. The highest BCUT2D eigenvalue weighted by atomic mass is 16.5. The van der Waals surface area contributed by atoms with Crippen LogP contribution in [0.25, 0.3) is 0 Å². The fraction of sp³-hybridized carbons (Fsp3) is 0.217. The molecule has 1 aliphatic heterocycles. The smallest absolute Gasteiger partial charge is 0.261 e. The predicted molar refractivity (Wildman–Crippen MR) is 108 cm³/mol. The molecule has 1 aliphatic rings. The van der Waals surface area contributed by atoms with E-state index < -0.39 is 0 Å². The number of aromatic hydroxyl groups is 2. The third-order valence-electron chi connectivity index (χ3n) is 5.23. The summed E-state index contributed by atoms with van der Waals surface area (Å²) < 4.78 is 5.92. The maximum absolute atomic E-state index is 13.3. The van der Waals surface area contributed by atoms with Gasteiger partial charge in [0, 0.05) is 37.1 Å². The lowest BCUT2D eigenvalue weighted by Crippen LogP contribution is -2.36. The molecule has 2 heterocycles. The van der Waals surface area contributed by atoms with Gasteiger partial charge in [0.1, 0.15) is 29.4 Å². The van der Waals surface area contributed by atoms with Crippen molar-refractivity contribution >= 4 is 5.91 Å². The molecule has 0 unspecified atom stereocenters. The summed E-state index contributed by atoms with van der Waals surface area (Å²) in [5.74, 6) is -0.521. The number of pyridine rings is 1. The van der Waals surface area contributed by atoms with Crippen molar-refractivity contribution < 1.29 is 19.7 Å². The average molecular weight is 390 g/mol. The molecule has 148 valence electrons. The minimum absolute atomic E-state index is 0.0775. The van der Waals surface area contributed by atoms with Gasteiger partial charge in [0.15, 0.2) is 0 Å². The van der Waals surface area contributed by atoms with Gasteiger partial charge in [0.05, 0.1) is 0 Å². The number of benzene rings is 2. The molecule has 3 aromatic rings. The lowest BCUT2D eigenvalue weighted by Gasteiger charge is -2.29. The Labute approximate surface area is 169 Å². The highest BCUT2D eigenvalue weighted by molar-refractivity contribution is 6.00. The van der Waals surface area contributed by atoms with Crippen molar-refractivity contribution in [2.45, 2.75) is 26.5 Å². The summed E-state index contributed by atoms with van der Waals surface area (Å²) in [6.07, 6.45) is 4.24. The quantitative estimate of drug-likeness (QED) is 0.712. The molecule has 0 atom stereocenters. The molecule has 0 aliphatic carbocycles. The van der Waals surface area contributed by atoms with Crippen LogP contribution in [0.3, 0.4) is 0 Å². The van der Waals surface area contributed by atoms with Crippen LogP contribution in [0.5, 0.6) is 17.2 Å². The number of carbonyl (C=O) groups excluding carboxylic acids is 1. The zero-order chi connectivity index (χ0) is 20.4. The average Bonchev–Trinajstić information content (AvgIpc) is 2.75. The van der Waals surface area contributed by atoms with E-state index in [0.717, 1.165) is 16.7 Å².